The fraction of sp³-hybridized carbons (Fsp3) is 0.304. The lowest BCUT2D eigenvalue weighted by Crippen LogP contribution is -2.28. The Hall–Kier alpha value is -3.52. The quantitative estimate of drug-likeness (QED) is 0.590. The first-order valence-electron chi connectivity index (χ1n) is 9.89. The van der Waals surface area contributed by atoms with E-state index in [1.165, 1.54) is 0 Å². The van der Waals surface area contributed by atoms with E-state index in [4.69, 9.17) is 9.84 Å². The molecule has 0 fully saturated rings. The molecule has 1 amide bonds. The van der Waals surface area contributed by atoms with Gasteiger partial charge in [-0.2, -0.15) is 5.10 Å². The molecular weight excluding hydrogens is 398 g/mol. The Morgan fingerprint density at radius 1 is 1.06 bits per heavy atom. The Bertz CT molecular complexity index is 1160. The molecule has 0 saturated carbocycles. The van der Waals surface area contributed by atoms with E-state index in [0.717, 1.165) is 10.2 Å². The summed E-state index contributed by atoms with van der Waals surface area (Å²) in [4.78, 5) is 37.2. The lowest BCUT2D eigenvalue weighted by atomic mass is 9.87. The smallest absolute Gasteiger partial charge is 0.359 e. The van der Waals surface area contributed by atoms with E-state index in [1.807, 2.05) is 12.1 Å². The number of carbonyl (C=O) groups is 2. The molecule has 1 heterocycles. The van der Waals surface area contributed by atoms with Crippen LogP contribution in [-0.2, 0) is 21.5 Å². The number of benzene rings is 2. The Kier molecular flexibility index (Phi) is 6.50. The van der Waals surface area contributed by atoms with E-state index in [1.54, 1.807) is 36.4 Å². The van der Waals surface area contributed by atoms with Gasteiger partial charge in [0.2, 0.25) is 0 Å². The summed E-state index contributed by atoms with van der Waals surface area (Å²) in [7, 11) is 0. The van der Waals surface area contributed by atoms with Crippen molar-refractivity contribution in [3.05, 3.63) is 70.1 Å². The van der Waals surface area contributed by atoms with Gasteiger partial charge in [0.25, 0.3) is 11.5 Å². The number of amides is 1. The second kappa shape index (κ2) is 9.09. The molecule has 0 saturated heterocycles. The van der Waals surface area contributed by atoms with Gasteiger partial charge in [0.1, 0.15) is 0 Å². The third-order valence-electron chi connectivity index (χ3n) is 4.74. The van der Waals surface area contributed by atoms with Crippen LogP contribution >= 0.6 is 0 Å². The summed E-state index contributed by atoms with van der Waals surface area (Å²) in [5.41, 5.74) is 1.21. The van der Waals surface area contributed by atoms with E-state index in [0.29, 0.717) is 11.1 Å². The van der Waals surface area contributed by atoms with Crippen LogP contribution in [0.5, 0.6) is 0 Å². The molecule has 2 N–H and O–H groups in total. The van der Waals surface area contributed by atoms with Crippen LogP contribution in [0.25, 0.3) is 10.8 Å². The van der Waals surface area contributed by atoms with Gasteiger partial charge < -0.3 is 15.2 Å². The maximum atomic E-state index is 12.6. The van der Waals surface area contributed by atoms with Gasteiger partial charge in [0, 0.05) is 11.1 Å². The number of fused-ring (bicyclic) bond motifs is 1. The van der Waals surface area contributed by atoms with Crippen molar-refractivity contribution in [1.82, 2.24) is 9.78 Å². The minimum atomic E-state index is -0.832. The van der Waals surface area contributed by atoms with Crippen molar-refractivity contribution in [2.75, 3.05) is 18.5 Å². The SMILES string of the molecule is CC(C)(C)c1ccc(NC(=O)COC(=O)c2nn(CCO)c(=O)c3ccccc23)cc1. The third-order valence-corrected chi connectivity index (χ3v) is 4.74. The van der Waals surface area contributed by atoms with Crippen LogP contribution in [0.1, 0.15) is 36.8 Å². The van der Waals surface area contributed by atoms with Gasteiger partial charge in [0.05, 0.1) is 18.5 Å². The largest absolute Gasteiger partial charge is 0.451 e. The summed E-state index contributed by atoms with van der Waals surface area (Å²) < 4.78 is 6.14. The number of hydrogen-bond acceptors (Lipinski definition) is 6. The lowest BCUT2D eigenvalue weighted by Gasteiger charge is -2.19. The molecule has 0 aliphatic rings. The highest BCUT2D eigenvalue weighted by molar-refractivity contribution is 6.03. The van der Waals surface area contributed by atoms with Gasteiger partial charge in [-0.15, -0.1) is 0 Å². The number of anilines is 1. The number of nitrogens with one attached hydrogen (secondary N) is 1. The lowest BCUT2D eigenvalue weighted by molar-refractivity contribution is -0.119. The Morgan fingerprint density at radius 2 is 1.71 bits per heavy atom. The number of carbonyl (C=O) groups excluding carboxylic acids is 2. The molecule has 1 aromatic heterocycles. The predicted octanol–water partition coefficient (Wildman–Crippen LogP) is 2.48. The van der Waals surface area contributed by atoms with Crippen molar-refractivity contribution in [3.63, 3.8) is 0 Å². The molecule has 8 nitrogen and oxygen atoms in total. The van der Waals surface area contributed by atoms with Crippen LogP contribution in [0, 0.1) is 0 Å². The molecule has 0 atom stereocenters. The highest BCUT2D eigenvalue weighted by atomic mass is 16.5. The number of aromatic nitrogens is 2. The molecule has 3 aromatic rings. The zero-order chi connectivity index (χ0) is 22.6. The van der Waals surface area contributed by atoms with Crippen molar-refractivity contribution in [2.45, 2.75) is 32.7 Å². The van der Waals surface area contributed by atoms with E-state index < -0.39 is 24.0 Å². The number of nitrogens with zero attached hydrogens (tertiary/aromatic N) is 2. The van der Waals surface area contributed by atoms with Gasteiger partial charge in [-0.1, -0.05) is 51.1 Å². The van der Waals surface area contributed by atoms with Gasteiger partial charge >= 0.3 is 5.97 Å². The second-order valence-corrected chi connectivity index (χ2v) is 8.10. The maximum Gasteiger partial charge on any atom is 0.359 e. The summed E-state index contributed by atoms with van der Waals surface area (Å²) in [6, 6.07) is 13.9. The van der Waals surface area contributed by atoms with Crippen molar-refractivity contribution < 1.29 is 19.4 Å². The molecule has 162 valence electrons. The fourth-order valence-electron chi connectivity index (χ4n) is 3.08. The number of aliphatic hydroxyl groups excluding tert-OH is 1. The topological polar surface area (TPSA) is 111 Å². The van der Waals surface area contributed by atoms with Crippen LogP contribution in [0.15, 0.2) is 53.3 Å². The first-order chi connectivity index (χ1) is 14.7. The van der Waals surface area contributed by atoms with Crippen LogP contribution in [0.4, 0.5) is 5.69 Å². The predicted molar refractivity (Wildman–Crippen MR) is 117 cm³/mol. The fourth-order valence-corrected chi connectivity index (χ4v) is 3.08. The molecule has 0 unspecified atom stereocenters. The average Bonchev–Trinajstić information content (AvgIpc) is 2.74. The number of esters is 1. The van der Waals surface area contributed by atoms with E-state index in [-0.39, 0.29) is 29.6 Å². The second-order valence-electron chi connectivity index (χ2n) is 8.10. The number of hydrogen-bond donors (Lipinski definition) is 2. The van der Waals surface area contributed by atoms with Crippen LogP contribution in [-0.4, -0.2) is 40.0 Å². The molecule has 0 radical (unpaired) electrons. The molecule has 0 aliphatic heterocycles. The zero-order valence-electron chi connectivity index (χ0n) is 17.7. The van der Waals surface area contributed by atoms with Crippen molar-refractivity contribution in [3.8, 4) is 0 Å². The van der Waals surface area contributed by atoms with E-state index >= 15 is 0 Å². The normalized spacial score (nSPS) is 11.4. The van der Waals surface area contributed by atoms with E-state index in [2.05, 4.69) is 31.2 Å². The molecular formula is C23H25N3O5. The third kappa shape index (κ3) is 5.16. The Morgan fingerprint density at radius 3 is 2.32 bits per heavy atom. The van der Waals surface area contributed by atoms with Crippen molar-refractivity contribution >= 4 is 28.3 Å². The first-order valence-corrected chi connectivity index (χ1v) is 9.89. The molecule has 2 aromatic carbocycles. The summed E-state index contributed by atoms with van der Waals surface area (Å²) in [5, 5.41) is 16.5. The Labute approximate surface area is 179 Å². The van der Waals surface area contributed by atoms with E-state index in [9.17, 15) is 14.4 Å². The molecule has 0 spiro atoms. The molecule has 3 rings (SSSR count). The van der Waals surface area contributed by atoms with Gasteiger partial charge in [0.15, 0.2) is 12.3 Å². The summed E-state index contributed by atoms with van der Waals surface area (Å²) in [5.74, 6) is -1.33. The minimum absolute atomic E-state index is 0.000369. The van der Waals surface area contributed by atoms with Crippen molar-refractivity contribution in [1.29, 1.82) is 0 Å². The summed E-state index contributed by atoms with van der Waals surface area (Å²) in [6.07, 6.45) is 0. The van der Waals surface area contributed by atoms with Crippen LogP contribution in [0.3, 0.4) is 0 Å². The first kappa shape index (κ1) is 22.2. The molecule has 0 bridgehead atoms. The summed E-state index contributed by atoms with van der Waals surface area (Å²) >= 11 is 0. The van der Waals surface area contributed by atoms with Gasteiger partial charge in [-0.3, -0.25) is 9.59 Å². The highest BCUT2D eigenvalue weighted by Crippen LogP contribution is 2.23. The highest BCUT2D eigenvalue weighted by Gasteiger charge is 2.19. The zero-order valence-corrected chi connectivity index (χ0v) is 17.7. The number of rotatable bonds is 6. The van der Waals surface area contributed by atoms with Crippen molar-refractivity contribution in [2.24, 2.45) is 0 Å². The number of aliphatic hydroxyl groups is 1. The van der Waals surface area contributed by atoms with Gasteiger partial charge in [-0.05, 0) is 29.2 Å². The minimum Gasteiger partial charge on any atom is -0.451 e. The summed E-state index contributed by atoms with van der Waals surface area (Å²) in [6.45, 7) is 5.42. The van der Waals surface area contributed by atoms with Crippen LogP contribution < -0.4 is 10.9 Å². The molecule has 8 heteroatoms. The maximum absolute atomic E-state index is 12.6. The molecule has 0 aliphatic carbocycles. The average molecular weight is 423 g/mol. The number of ether oxygens (including phenoxy) is 1. The standard InChI is InChI=1S/C23H25N3O5/c1-23(2,3)15-8-10-16(11-9-15)24-19(28)14-31-22(30)20-17-6-4-5-7-18(17)21(29)26(25-20)12-13-27/h4-11,27H,12-14H2,1-3H3,(H,24,28). The molecule has 31 heavy (non-hydrogen) atoms. The van der Waals surface area contributed by atoms with Gasteiger partial charge in [-0.25, -0.2) is 9.48 Å². The van der Waals surface area contributed by atoms with Crippen LogP contribution in [0.2, 0.25) is 0 Å². The Balaban J connectivity index is 1.72. The monoisotopic (exact) mass is 423 g/mol.